The van der Waals surface area contributed by atoms with Crippen LogP contribution < -0.4 is 11.1 Å². The van der Waals surface area contributed by atoms with Gasteiger partial charge in [0.15, 0.2) is 0 Å². The third kappa shape index (κ3) is 5.16. The highest BCUT2D eigenvalue weighted by Gasteiger charge is 2.17. The number of imidazole rings is 1. The van der Waals surface area contributed by atoms with E-state index in [4.69, 9.17) is 11.0 Å². The summed E-state index contributed by atoms with van der Waals surface area (Å²) in [6.45, 7) is 5.23. The van der Waals surface area contributed by atoms with Crippen molar-refractivity contribution in [3.63, 3.8) is 0 Å². The van der Waals surface area contributed by atoms with Gasteiger partial charge in [-0.3, -0.25) is 4.79 Å². The predicted octanol–water partition coefficient (Wildman–Crippen LogP) is 1.84. The molecule has 1 heterocycles. The lowest BCUT2D eigenvalue weighted by atomic mass is 9.99. The summed E-state index contributed by atoms with van der Waals surface area (Å²) < 4.78 is 1.95. The van der Waals surface area contributed by atoms with Crippen LogP contribution in [0.25, 0.3) is 0 Å². The minimum atomic E-state index is -0.0441. The number of rotatable bonds is 8. The highest BCUT2D eigenvalue weighted by atomic mass is 16.1. The minimum Gasteiger partial charge on any atom is -0.351 e. The quantitative estimate of drug-likeness (QED) is 0.767. The Morgan fingerprint density at radius 3 is 2.72 bits per heavy atom. The lowest BCUT2D eigenvalue weighted by Crippen LogP contribution is -2.45. The lowest BCUT2D eigenvalue weighted by Gasteiger charge is -2.22. The number of nitriles is 1. The molecular formula is C19H25N5O. The molecule has 2 atom stereocenters. The van der Waals surface area contributed by atoms with E-state index in [-0.39, 0.29) is 18.4 Å². The minimum absolute atomic E-state index is 0.00704. The summed E-state index contributed by atoms with van der Waals surface area (Å²) in [5, 5.41) is 11.9. The van der Waals surface area contributed by atoms with Crippen molar-refractivity contribution in [3.8, 4) is 6.07 Å². The van der Waals surface area contributed by atoms with Crippen molar-refractivity contribution in [2.75, 3.05) is 6.54 Å². The van der Waals surface area contributed by atoms with Crippen molar-refractivity contribution in [2.45, 2.75) is 39.3 Å². The van der Waals surface area contributed by atoms with E-state index < -0.39 is 0 Å². The smallest absolute Gasteiger partial charge is 0.226 e. The van der Waals surface area contributed by atoms with Crippen molar-refractivity contribution in [2.24, 2.45) is 11.7 Å². The van der Waals surface area contributed by atoms with Gasteiger partial charge in [-0.05, 0) is 23.6 Å². The van der Waals surface area contributed by atoms with Crippen molar-refractivity contribution in [1.82, 2.24) is 14.9 Å². The molecule has 0 bridgehead atoms. The van der Waals surface area contributed by atoms with E-state index >= 15 is 0 Å². The largest absolute Gasteiger partial charge is 0.351 e. The maximum Gasteiger partial charge on any atom is 0.226 e. The van der Waals surface area contributed by atoms with Crippen LogP contribution in [-0.2, 0) is 17.8 Å². The number of aromatic nitrogens is 2. The van der Waals surface area contributed by atoms with Crippen LogP contribution in [0.15, 0.2) is 36.8 Å². The van der Waals surface area contributed by atoms with Crippen LogP contribution in [0.1, 0.15) is 37.1 Å². The summed E-state index contributed by atoms with van der Waals surface area (Å²) in [6.07, 6.45) is 4.67. The predicted molar refractivity (Wildman–Crippen MR) is 96.6 cm³/mol. The first kappa shape index (κ1) is 18.7. The van der Waals surface area contributed by atoms with Gasteiger partial charge in [0, 0.05) is 31.0 Å². The normalized spacial score (nSPS) is 13.0. The molecule has 2 aromatic rings. The van der Waals surface area contributed by atoms with Crippen LogP contribution in [0, 0.1) is 17.2 Å². The zero-order valence-corrected chi connectivity index (χ0v) is 14.8. The average Bonchev–Trinajstić information content (AvgIpc) is 3.06. The average molecular weight is 339 g/mol. The molecule has 25 heavy (non-hydrogen) atoms. The van der Waals surface area contributed by atoms with Gasteiger partial charge in [-0.15, -0.1) is 0 Å². The van der Waals surface area contributed by atoms with Gasteiger partial charge in [0.1, 0.15) is 0 Å². The third-order valence-electron chi connectivity index (χ3n) is 4.51. The molecule has 0 aliphatic heterocycles. The monoisotopic (exact) mass is 339 g/mol. The Morgan fingerprint density at radius 1 is 1.40 bits per heavy atom. The van der Waals surface area contributed by atoms with Gasteiger partial charge < -0.3 is 15.6 Å². The molecule has 3 N–H and O–H groups in total. The van der Waals surface area contributed by atoms with E-state index in [1.54, 1.807) is 24.7 Å². The van der Waals surface area contributed by atoms with Crippen molar-refractivity contribution in [1.29, 1.82) is 5.26 Å². The van der Waals surface area contributed by atoms with Crippen molar-refractivity contribution >= 4 is 5.91 Å². The van der Waals surface area contributed by atoms with Crippen LogP contribution in [-0.4, -0.2) is 28.0 Å². The van der Waals surface area contributed by atoms with Crippen molar-refractivity contribution in [3.05, 3.63) is 53.6 Å². The molecule has 0 spiro atoms. The van der Waals surface area contributed by atoms with E-state index in [1.807, 2.05) is 16.7 Å². The molecule has 0 radical (unpaired) electrons. The highest BCUT2D eigenvalue weighted by molar-refractivity contribution is 5.78. The maximum absolute atomic E-state index is 12.3. The van der Waals surface area contributed by atoms with Crippen molar-refractivity contribution < 1.29 is 4.79 Å². The summed E-state index contributed by atoms with van der Waals surface area (Å²) >= 11 is 0. The van der Waals surface area contributed by atoms with Gasteiger partial charge >= 0.3 is 0 Å². The Kier molecular flexibility index (Phi) is 6.72. The number of amides is 1. The van der Waals surface area contributed by atoms with E-state index in [0.29, 0.717) is 24.6 Å². The number of nitrogens with one attached hydrogen (secondary N) is 1. The molecule has 0 saturated carbocycles. The summed E-state index contributed by atoms with van der Waals surface area (Å²) in [5.74, 6) is 0.301. The summed E-state index contributed by atoms with van der Waals surface area (Å²) in [5.41, 5.74) is 8.31. The third-order valence-corrected chi connectivity index (χ3v) is 4.51. The van der Waals surface area contributed by atoms with Crippen LogP contribution in [0.3, 0.4) is 0 Å². The number of nitrogens with zero attached hydrogens (tertiary/aromatic N) is 3. The van der Waals surface area contributed by atoms with Gasteiger partial charge in [-0.2, -0.15) is 5.26 Å². The number of nitrogens with two attached hydrogens (primary N) is 1. The summed E-state index contributed by atoms with van der Waals surface area (Å²) in [6, 6.07) is 9.50. The standard InChI is InChI=1S/C19H25N5O/c1-3-14(2)18(10-21)23-19(25)8-17-11-22-13-24(17)12-16-6-4-15(9-20)5-7-16/h4-7,11,13-14,18H,3,8,10,12,21H2,1-2H3,(H,23,25). The molecule has 0 aliphatic rings. The van der Waals surface area contributed by atoms with Gasteiger partial charge in [-0.1, -0.05) is 32.4 Å². The van der Waals surface area contributed by atoms with E-state index in [0.717, 1.165) is 17.7 Å². The Hall–Kier alpha value is -2.65. The maximum atomic E-state index is 12.3. The van der Waals surface area contributed by atoms with Gasteiger partial charge in [0.2, 0.25) is 5.91 Å². The van der Waals surface area contributed by atoms with Crippen LogP contribution in [0.4, 0.5) is 0 Å². The molecule has 1 aromatic carbocycles. The summed E-state index contributed by atoms with van der Waals surface area (Å²) in [7, 11) is 0. The molecule has 2 rings (SSSR count). The lowest BCUT2D eigenvalue weighted by molar-refractivity contribution is -0.121. The molecule has 1 aromatic heterocycles. The van der Waals surface area contributed by atoms with Crippen LogP contribution >= 0.6 is 0 Å². The molecule has 132 valence electrons. The molecule has 6 heteroatoms. The fraction of sp³-hybridized carbons (Fsp3) is 0.421. The van der Waals surface area contributed by atoms with E-state index in [1.165, 1.54) is 0 Å². The zero-order valence-electron chi connectivity index (χ0n) is 14.8. The highest BCUT2D eigenvalue weighted by Crippen LogP contribution is 2.10. The molecular weight excluding hydrogens is 314 g/mol. The Balaban J connectivity index is 2.00. The van der Waals surface area contributed by atoms with Crippen LogP contribution in [0.2, 0.25) is 0 Å². The van der Waals surface area contributed by atoms with E-state index in [2.05, 4.69) is 30.2 Å². The SMILES string of the molecule is CCC(C)C(CN)NC(=O)Cc1cncn1Cc1ccc(C#N)cc1. The molecule has 6 nitrogen and oxygen atoms in total. The number of carbonyl (C=O) groups excluding carboxylic acids is 1. The van der Waals surface area contributed by atoms with Gasteiger partial charge in [-0.25, -0.2) is 4.98 Å². The fourth-order valence-electron chi connectivity index (χ4n) is 2.66. The first-order chi connectivity index (χ1) is 12.1. The number of carbonyl (C=O) groups is 1. The Morgan fingerprint density at radius 2 is 2.12 bits per heavy atom. The molecule has 0 aliphatic carbocycles. The number of hydrogen-bond donors (Lipinski definition) is 2. The Labute approximate surface area is 148 Å². The number of hydrogen-bond acceptors (Lipinski definition) is 4. The van der Waals surface area contributed by atoms with Gasteiger partial charge in [0.05, 0.1) is 24.4 Å². The Bertz CT molecular complexity index is 729. The van der Waals surface area contributed by atoms with E-state index in [9.17, 15) is 4.79 Å². The second-order valence-electron chi connectivity index (χ2n) is 6.29. The fourth-order valence-corrected chi connectivity index (χ4v) is 2.66. The second-order valence-corrected chi connectivity index (χ2v) is 6.29. The molecule has 2 unspecified atom stereocenters. The number of benzene rings is 1. The second kappa shape index (κ2) is 9.00. The topological polar surface area (TPSA) is 96.7 Å². The molecule has 1 amide bonds. The summed E-state index contributed by atoms with van der Waals surface area (Å²) in [4.78, 5) is 16.5. The molecule has 0 fully saturated rings. The first-order valence-corrected chi connectivity index (χ1v) is 8.54. The van der Waals surface area contributed by atoms with Gasteiger partial charge in [0.25, 0.3) is 0 Å². The van der Waals surface area contributed by atoms with Crippen LogP contribution in [0.5, 0.6) is 0 Å². The first-order valence-electron chi connectivity index (χ1n) is 8.54. The zero-order chi connectivity index (χ0) is 18.2. The molecule has 0 saturated heterocycles.